The summed E-state index contributed by atoms with van der Waals surface area (Å²) in [6, 6.07) is 0.145. The van der Waals surface area contributed by atoms with Crippen LogP contribution in [0.4, 0.5) is 0 Å². The smallest absolute Gasteiger partial charge is 0.0829 e. The van der Waals surface area contributed by atoms with Gasteiger partial charge in [0.1, 0.15) is 0 Å². The molecule has 0 bridgehead atoms. The average Bonchev–Trinajstić information content (AvgIpc) is 2.27. The van der Waals surface area contributed by atoms with E-state index in [1.54, 1.807) is 0 Å². The molecule has 16 heavy (non-hydrogen) atoms. The minimum absolute atomic E-state index is 0.0848. The first-order valence-electron chi connectivity index (χ1n) is 6.37. The van der Waals surface area contributed by atoms with Crippen LogP contribution in [0.1, 0.15) is 52.4 Å². The molecule has 0 saturated heterocycles. The van der Waals surface area contributed by atoms with Gasteiger partial charge in [-0.1, -0.05) is 19.9 Å². The molecule has 0 amide bonds. The molecule has 1 unspecified atom stereocenters. The molecule has 0 aliphatic heterocycles. The van der Waals surface area contributed by atoms with Gasteiger partial charge in [-0.05, 0) is 43.9 Å². The number of nitrogens with two attached hydrogens (primary N) is 1. The topological polar surface area (TPSA) is 35.2 Å². The van der Waals surface area contributed by atoms with Gasteiger partial charge in [0.05, 0.1) is 5.60 Å². The Bertz CT molecular complexity index is 225. The first kappa shape index (κ1) is 13.7. The Morgan fingerprint density at radius 3 is 2.31 bits per heavy atom. The Balaban J connectivity index is 2.61. The molecule has 2 nitrogen and oxygen atoms in total. The van der Waals surface area contributed by atoms with Crippen LogP contribution in [0.2, 0.25) is 0 Å². The second kappa shape index (κ2) is 5.33. The van der Waals surface area contributed by atoms with Crippen LogP contribution >= 0.6 is 0 Å². The minimum atomic E-state index is -0.0848. The van der Waals surface area contributed by atoms with Crippen LogP contribution in [0, 0.1) is 5.41 Å². The fourth-order valence-corrected chi connectivity index (χ4v) is 2.64. The zero-order valence-electron chi connectivity index (χ0n) is 11.1. The summed E-state index contributed by atoms with van der Waals surface area (Å²) < 4.78 is 5.77. The third kappa shape index (κ3) is 3.08. The maximum Gasteiger partial charge on any atom is 0.0829 e. The first-order valence-corrected chi connectivity index (χ1v) is 6.37. The largest absolute Gasteiger partial charge is 0.377 e. The predicted molar refractivity (Wildman–Crippen MR) is 69.4 cm³/mol. The Labute approximate surface area is 100 Å². The second-order valence-electron chi connectivity index (χ2n) is 5.91. The van der Waals surface area contributed by atoms with Crippen molar-refractivity contribution in [2.75, 3.05) is 7.11 Å². The Kier molecular flexibility index (Phi) is 4.57. The van der Waals surface area contributed by atoms with Crippen molar-refractivity contribution in [1.82, 2.24) is 0 Å². The molecule has 0 heterocycles. The normalized spacial score (nSPS) is 25.0. The van der Waals surface area contributed by atoms with Crippen molar-refractivity contribution >= 4 is 0 Å². The summed E-state index contributed by atoms with van der Waals surface area (Å²) in [4.78, 5) is 0. The predicted octanol–water partition coefficient (Wildman–Crippen LogP) is 3.27. The van der Waals surface area contributed by atoms with E-state index >= 15 is 0 Å². The monoisotopic (exact) mass is 225 g/mol. The summed E-state index contributed by atoms with van der Waals surface area (Å²) in [7, 11) is 1.81. The molecule has 1 rings (SSSR count). The van der Waals surface area contributed by atoms with Crippen molar-refractivity contribution in [3.8, 4) is 0 Å². The number of ether oxygens (including phenoxy) is 1. The van der Waals surface area contributed by atoms with Gasteiger partial charge in [0.15, 0.2) is 0 Å². The minimum Gasteiger partial charge on any atom is -0.377 e. The Morgan fingerprint density at radius 1 is 1.31 bits per heavy atom. The highest BCUT2D eigenvalue weighted by molar-refractivity contribution is 4.97. The third-order valence-corrected chi connectivity index (χ3v) is 4.21. The Hall–Kier alpha value is -0.340. The van der Waals surface area contributed by atoms with E-state index in [-0.39, 0.29) is 11.6 Å². The summed E-state index contributed by atoms with van der Waals surface area (Å²) in [6.07, 6.45) is 8.51. The molecule has 1 aliphatic carbocycles. The molecule has 1 aliphatic rings. The van der Waals surface area contributed by atoms with E-state index in [0.29, 0.717) is 5.41 Å². The number of hydrogen-bond donors (Lipinski definition) is 1. The molecule has 1 saturated carbocycles. The summed E-state index contributed by atoms with van der Waals surface area (Å²) in [5, 5.41) is 0. The van der Waals surface area contributed by atoms with Crippen LogP contribution in [0.5, 0.6) is 0 Å². The van der Waals surface area contributed by atoms with Gasteiger partial charge < -0.3 is 10.5 Å². The quantitative estimate of drug-likeness (QED) is 0.729. The lowest BCUT2D eigenvalue weighted by Gasteiger charge is -2.46. The van der Waals surface area contributed by atoms with Gasteiger partial charge in [-0.2, -0.15) is 0 Å². The number of allylic oxidation sites excluding steroid dienone is 1. The molecular formula is C14H27NO. The molecule has 0 aromatic heterocycles. The van der Waals surface area contributed by atoms with Crippen LogP contribution in [0.15, 0.2) is 12.7 Å². The van der Waals surface area contributed by atoms with Crippen molar-refractivity contribution in [2.24, 2.45) is 11.1 Å². The fraction of sp³-hybridized carbons (Fsp3) is 0.857. The molecule has 1 fully saturated rings. The maximum atomic E-state index is 6.30. The van der Waals surface area contributed by atoms with Crippen molar-refractivity contribution < 1.29 is 4.74 Å². The van der Waals surface area contributed by atoms with Gasteiger partial charge in [0.25, 0.3) is 0 Å². The number of rotatable bonds is 5. The molecule has 2 heteroatoms. The lowest BCUT2D eigenvalue weighted by atomic mass is 9.68. The van der Waals surface area contributed by atoms with E-state index in [1.165, 1.54) is 12.8 Å². The maximum absolute atomic E-state index is 6.30. The molecular weight excluding hydrogens is 198 g/mol. The standard InChI is InChI=1S/C14H27NO/c1-5-6-7-12(15)14(16-4)10-8-13(2,3)9-11-14/h5,12H,1,6-11,15H2,2-4H3. The van der Waals surface area contributed by atoms with Crippen molar-refractivity contribution in [2.45, 2.75) is 64.0 Å². The highest BCUT2D eigenvalue weighted by Crippen LogP contribution is 2.43. The van der Waals surface area contributed by atoms with E-state index < -0.39 is 0 Å². The van der Waals surface area contributed by atoms with Gasteiger partial charge in [0.2, 0.25) is 0 Å². The van der Waals surface area contributed by atoms with Gasteiger partial charge >= 0.3 is 0 Å². The van der Waals surface area contributed by atoms with Crippen molar-refractivity contribution in [1.29, 1.82) is 0 Å². The van der Waals surface area contributed by atoms with E-state index in [1.807, 2.05) is 13.2 Å². The molecule has 0 aromatic rings. The third-order valence-electron chi connectivity index (χ3n) is 4.21. The molecule has 1 atom stereocenters. The van der Waals surface area contributed by atoms with E-state index in [4.69, 9.17) is 10.5 Å². The summed E-state index contributed by atoms with van der Waals surface area (Å²) in [6.45, 7) is 8.42. The summed E-state index contributed by atoms with van der Waals surface area (Å²) in [5.74, 6) is 0. The molecule has 94 valence electrons. The lowest BCUT2D eigenvalue weighted by molar-refractivity contribution is -0.0795. The zero-order valence-corrected chi connectivity index (χ0v) is 11.1. The molecule has 0 spiro atoms. The number of hydrogen-bond acceptors (Lipinski definition) is 2. The van der Waals surface area contributed by atoms with Gasteiger partial charge in [-0.3, -0.25) is 0 Å². The number of methoxy groups -OCH3 is 1. The van der Waals surface area contributed by atoms with E-state index in [2.05, 4.69) is 20.4 Å². The van der Waals surface area contributed by atoms with E-state index in [0.717, 1.165) is 25.7 Å². The lowest BCUT2D eigenvalue weighted by Crippen LogP contribution is -2.52. The average molecular weight is 225 g/mol. The van der Waals surface area contributed by atoms with Crippen LogP contribution in [-0.4, -0.2) is 18.8 Å². The fourth-order valence-electron chi connectivity index (χ4n) is 2.64. The van der Waals surface area contributed by atoms with Crippen molar-refractivity contribution in [3.05, 3.63) is 12.7 Å². The highest BCUT2D eigenvalue weighted by Gasteiger charge is 2.42. The first-order chi connectivity index (χ1) is 7.46. The molecule has 0 radical (unpaired) electrons. The SMILES string of the molecule is C=CCCC(N)C1(OC)CCC(C)(C)CC1. The van der Waals surface area contributed by atoms with Crippen molar-refractivity contribution in [3.63, 3.8) is 0 Å². The molecule has 2 N–H and O–H groups in total. The summed E-state index contributed by atoms with van der Waals surface area (Å²) >= 11 is 0. The zero-order chi connectivity index (χ0) is 12.2. The van der Waals surface area contributed by atoms with E-state index in [9.17, 15) is 0 Å². The summed E-state index contributed by atoms with van der Waals surface area (Å²) in [5.41, 5.74) is 6.67. The van der Waals surface area contributed by atoms with Gasteiger partial charge in [0, 0.05) is 13.2 Å². The Morgan fingerprint density at radius 2 is 1.88 bits per heavy atom. The molecule has 0 aromatic carbocycles. The van der Waals surface area contributed by atoms with Gasteiger partial charge in [-0.15, -0.1) is 6.58 Å². The van der Waals surface area contributed by atoms with Crippen LogP contribution in [0.25, 0.3) is 0 Å². The van der Waals surface area contributed by atoms with Crippen LogP contribution < -0.4 is 5.73 Å². The highest BCUT2D eigenvalue weighted by atomic mass is 16.5. The van der Waals surface area contributed by atoms with Crippen LogP contribution in [-0.2, 0) is 4.74 Å². The van der Waals surface area contributed by atoms with Gasteiger partial charge in [-0.25, -0.2) is 0 Å². The van der Waals surface area contributed by atoms with Crippen LogP contribution in [0.3, 0.4) is 0 Å². The second-order valence-corrected chi connectivity index (χ2v) is 5.91.